The van der Waals surface area contributed by atoms with E-state index in [0.717, 1.165) is 25.6 Å². The Labute approximate surface area is 132 Å². The van der Waals surface area contributed by atoms with Crippen molar-refractivity contribution in [2.45, 2.75) is 57.7 Å². The number of likely N-dealkylation sites (tertiary alicyclic amines) is 1. The van der Waals surface area contributed by atoms with Crippen LogP contribution in [0.3, 0.4) is 0 Å². The Morgan fingerprint density at radius 3 is 2.68 bits per heavy atom. The van der Waals surface area contributed by atoms with E-state index in [2.05, 4.69) is 29.6 Å². The molecule has 1 aliphatic carbocycles. The summed E-state index contributed by atoms with van der Waals surface area (Å²) in [5, 5.41) is 3.52. The molecule has 0 atom stereocenters. The summed E-state index contributed by atoms with van der Waals surface area (Å²) < 4.78 is 5.36. The molecule has 1 N–H and O–H groups in total. The minimum atomic E-state index is -0.418. The van der Waals surface area contributed by atoms with E-state index in [1.54, 1.807) is 4.90 Å². The fourth-order valence-corrected chi connectivity index (χ4v) is 2.72. The van der Waals surface area contributed by atoms with Crippen LogP contribution in [0.2, 0.25) is 0 Å². The Hall–Kier alpha value is -1.55. The number of carbonyl (C=O) groups is 1. The highest BCUT2D eigenvalue weighted by atomic mass is 16.6. The Kier molecular flexibility index (Phi) is 4.13. The number of carbonyl (C=O) groups excluding carboxylic acids is 1. The summed E-state index contributed by atoms with van der Waals surface area (Å²) in [6, 6.07) is 9.24. The standard InChI is InChI=1S/C18H26N2O2/c1-18(2,3)22-17(21)20-11-16(12-20)19-10-13-5-4-6-15(9-13)14-7-8-14/h4-6,9,14,16,19H,7-8,10-12H2,1-3H3. The molecule has 4 nitrogen and oxygen atoms in total. The van der Waals surface area contributed by atoms with E-state index in [1.165, 1.54) is 24.0 Å². The molecule has 1 saturated heterocycles. The maximum atomic E-state index is 11.9. The molecule has 0 aromatic heterocycles. The van der Waals surface area contributed by atoms with E-state index in [4.69, 9.17) is 4.74 Å². The zero-order valence-corrected chi connectivity index (χ0v) is 13.8. The quantitative estimate of drug-likeness (QED) is 0.928. The average Bonchev–Trinajstić information content (AvgIpc) is 3.19. The first-order valence-electron chi connectivity index (χ1n) is 8.21. The van der Waals surface area contributed by atoms with E-state index in [9.17, 15) is 4.79 Å². The molecule has 1 aromatic carbocycles. The molecule has 1 heterocycles. The van der Waals surface area contributed by atoms with Crippen molar-refractivity contribution in [3.05, 3.63) is 35.4 Å². The molecule has 1 aliphatic heterocycles. The molecular formula is C18H26N2O2. The van der Waals surface area contributed by atoms with Gasteiger partial charge in [0, 0.05) is 25.7 Å². The smallest absolute Gasteiger partial charge is 0.410 e. The van der Waals surface area contributed by atoms with Crippen LogP contribution in [-0.4, -0.2) is 35.7 Å². The van der Waals surface area contributed by atoms with Gasteiger partial charge in [-0.2, -0.15) is 0 Å². The predicted molar refractivity (Wildman–Crippen MR) is 86.9 cm³/mol. The van der Waals surface area contributed by atoms with Crippen molar-refractivity contribution in [1.29, 1.82) is 0 Å². The molecule has 4 heteroatoms. The molecule has 120 valence electrons. The third-order valence-electron chi connectivity index (χ3n) is 4.13. The van der Waals surface area contributed by atoms with Crippen molar-refractivity contribution in [2.75, 3.05) is 13.1 Å². The first kappa shape index (κ1) is 15.3. The van der Waals surface area contributed by atoms with Gasteiger partial charge in [0.2, 0.25) is 0 Å². The zero-order valence-electron chi connectivity index (χ0n) is 13.8. The summed E-state index contributed by atoms with van der Waals surface area (Å²) in [6.07, 6.45) is 2.47. The van der Waals surface area contributed by atoms with Crippen molar-refractivity contribution in [3.8, 4) is 0 Å². The third kappa shape index (κ3) is 4.01. The fourth-order valence-electron chi connectivity index (χ4n) is 2.72. The summed E-state index contributed by atoms with van der Waals surface area (Å²) in [4.78, 5) is 13.6. The Morgan fingerprint density at radius 1 is 1.32 bits per heavy atom. The Morgan fingerprint density at radius 2 is 2.05 bits per heavy atom. The van der Waals surface area contributed by atoms with Crippen molar-refractivity contribution >= 4 is 6.09 Å². The van der Waals surface area contributed by atoms with Crippen LogP contribution in [0.4, 0.5) is 4.79 Å². The molecule has 1 aromatic rings. The molecule has 1 saturated carbocycles. The first-order chi connectivity index (χ1) is 10.4. The molecule has 1 amide bonds. The van der Waals surface area contributed by atoms with Gasteiger partial charge in [-0.25, -0.2) is 4.79 Å². The van der Waals surface area contributed by atoms with Crippen LogP contribution in [0.5, 0.6) is 0 Å². The van der Waals surface area contributed by atoms with Gasteiger partial charge in [-0.15, -0.1) is 0 Å². The summed E-state index contributed by atoms with van der Waals surface area (Å²) in [6.45, 7) is 8.02. The molecule has 0 unspecified atom stereocenters. The largest absolute Gasteiger partial charge is 0.444 e. The predicted octanol–water partition coefficient (Wildman–Crippen LogP) is 3.27. The number of ether oxygens (including phenoxy) is 1. The van der Waals surface area contributed by atoms with Crippen LogP contribution in [0.15, 0.2) is 24.3 Å². The molecule has 2 fully saturated rings. The summed E-state index contributed by atoms with van der Waals surface area (Å²) >= 11 is 0. The molecule has 0 bridgehead atoms. The van der Waals surface area contributed by atoms with Crippen molar-refractivity contribution in [2.24, 2.45) is 0 Å². The molecule has 0 radical (unpaired) electrons. The van der Waals surface area contributed by atoms with Gasteiger partial charge >= 0.3 is 6.09 Å². The van der Waals surface area contributed by atoms with E-state index in [1.807, 2.05) is 20.8 Å². The number of nitrogens with zero attached hydrogens (tertiary/aromatic N) is 1. The maximum absolute atomic E-state index is 11.9. The lowest BCUT2D eigenvalue weighted by Gasteiger charge is -2.40. The van der Waals surface area contributed by atoms with Gasteiger partial charge < -0.3 is 15.0 Å². The maximum Gasteiger partial charge on any atom is 0.410 e. The SMILES string of the molecule is CC(C)(C)OC(=O)N1CC(NCc2cccc(C3CC3)c2)C1. The molecule has 22 heavy (non-hydrogen) atoms. The lowest BCUT2D eigenvalue weighted by molar-refractivity contribution is 0.00519. The van der Waals surface area contributed by atoms with Crippen molar-refractivity contribution in [1.82, 2.24) is 10.2 Å². The first-order valence-corrected chi connectivity index (χ1v) is 8.21. The van der Waals surface area contributed by atoms with E-state index < -0.39 is 5.60 Å². The second kappa shape index (κ2) is 5.92. The van der Waals surface area contributed by atoms with Gasteiger partial charge in [0.1, 0.15) is 5.60 Å². The fraction of sp³-hybridized carbons (Fsp3) is 0.611. The van der Waals surface area contributed by atoms with Crippen molar-refractivity contribution in [3.63, 3.8) is 0 Å². The van der Waals surface area contributed by atoms with Gasteiger partial charge in [-0.05, 0) is 50.7 Å². The van der Waals surface area contributed by atoms with Gasteiger partial charge in [-0.3, -0.25) is 0 Å². The number of hydrogen-bond donors (Lipinski definition) is 1. The van der Waals surface area contributed by atoms with Crippen LogP contribution in [0.25, 0.3) is 0 Å². The summed E-state index contributed by atoms with van der Waals surface area (Å²) in [7, 11) is 0. The minimum absolute atomic E-state index is 0.207. The monoisotopic (exact) mass is 302 g/mol. The lowest BCUT2D eigenvalue weighted by Crippen LogP contribution is -2.60. The van der Waals surface area contributed by atoms with E-state index >= 15 is 0 Å². The minimum Gasteiger partial charge on any atom is -0.444 e. The highest BCUT2D eigenvalue weighted by Gasteiger charge is 2.33. The van der Waals surface area contributed by atoms with Gasteiger partial charge in [-0.1, -0.05) is 24.3 Å². The zero-order chi connectivity index (χ0) is 15.7. The van der Waals surface area contributed by atoms with Gasteiger partial charge in [0.25, 0.3) is 0 Å². The summed E-state index contributed by atoms with van der Waals surface area (Å²) in [5.74, 6) is 0.798. The molecular weight excluding hydrogens is 276 g/mol. The third-order valence-corrected chi connectivity index (χ3v) is 4.13. The second-order valence-electron chi connectivity index (χ2n) is 7.48. The number of hydrogen-bond acceptors (Lipinski definition) is 3. The highest BCUT2D eigenvalue weighted by molar-refractivity contribution is 5.69. The highest BCUT2D eigenvalue weighted by Crippen LogP contribution is 2.40. The van der Waals surface area contributed by atoms with Crippen LogP contribution in [0, 0.1) is 0 Å². The Balaban J connectivity index is 1.41. The van der Waals surface area contributed by atoms with E-state index in [-0.39, 0.29) is 6.09 Å². The summed E-state index contributed by atoms with van der Waals surface area (Å²) in [5.41, 5.74) is 2.39. The lowest BCUT2D eigenvalue weighted by atomic mass is 10.1. The number of benzene rings is 1. The van der Waals surface area contributed by atoms with E-state index in [0.29, 0.717) is 6.04 Å². The van der Waals surface area contributed by atoms with Crippen LogP contribution < -0.4 is 5.32 Å². The van der Waals surface area contributed by atoms with Gasteiger partial charge in [0.15, 0.2) is 0 Å². The average molecular weight is 302 g/mol. The van der Waals surface area contributed by atoms with Gasteiger partial charge in [0.05, 0.1) is 0 Å². The van der Waals surface area contributed by atoms with Crippen LogP contribution >= 0.6 is 0 Å². The normalized spacial score (nSPS) is 19.0. The van der Waals surface area contributed by atoms with Crippen molar-refractivity contribution < 1.29 is 9.53 Å². The van der Waals surface area contributed by atoms with Crippen LogP contribution in [0.1, 0.15) is 50.7 Å². The molecule has 0 spiro atoms. The topological polar surface area (TPSA) is 41.6 Å². The molecule has 3 rings (SSSR count). The molecule has 2 aliphatic rings. The second-order valence-corrected chi connectivity index (χ2v) is 7.48. The Bertz CT molecular complexity index is 540. The number of rotatable bonds is 4. The number of amides is 1. The van der Waals surface area contributed by atoms with Crippen LogP contribution in [-0.2, 0) is 11.3 Å². The number of nitrogens with one attached hydrogen (secondary N) is 1.